The second-order valence-corrected chi connectivity index (χ2v) is 3.79. The van der Waals surface area contributed by atoms with Crippen LogP contribution in [0, 0.1) is 0 Å². The largest absolute Gasteiger partial charge is 0.495 e. The number of rotatable bonds is 4. The van der Waals surface area contributed by atoms with Crippen LogP contribution < -0.4 is 10.1 Å². The summed E-state index contributed by atoms with van der Waals surface area (Å²) in [6.45, 7) is 1.66. The van der Waals surface area contributed by atoms with Gasteiger partial charge in [0.05, 0.1) is 13.7 Å². The lowest BCUT2D eigenvalue weighted by atomic mass is 10.3. The Kier molecular flexibility index (Phi) is 3.91. The molecule has 14 heavy (non-hydrogen) atoms. The average molecular weight is 215 g/mol. The highest BCUT2D eigenvalue weighted by Crippen LogP contribution is 2.23. The van der Waals surface area contributed by atoms with Crippen LogP contribution in [0.4, 0.5) is 0 Å². The summed E-state index contributed by atoms with van der Waals surface area (Å²) >= 11 is 1.32. The molecule has 0 bridgehead atoms. The van der Waals surface area contributed by atoms with Crippen LogP contribution in [-0.2, 0) is 0 Å². The minimum absolute atomic E-state index is 0.0700. The first-order valence-electron chi connectivity index (χ1n) is 4.22. The number of ether oxygens (including phenoxy) is 1. The molecule has 0 aliphatic carbocycles. The molecule has 0 saturated heterocycles. The monoisotopic (exact) mass is 215 g/mol. The van der Waals surface area contributed by atoms with E-state index >= 15 is 0 Å². The van der Waals surface area contributed by atoms with Crippen molar-refractivity contribution in [3.8, 4) is 5.75 Å². The Bertz CT molecular complexity index is 311. The van der Waals surface area contributed by atoms with Crippen LogP contribution in [0.2, 0.25) is 0 Å². The zero-order chi connectivity index (χ0) is 10.6. The van der Waals surface area contributed by atoms with Crippen molar-refractivity contribution in [1.82, 2.24) is 5.32 Å². The minimum atomic E-state index is -0.241. The first-order chi connectivity index (χ1) is 6.69. The fraction of sp³-hybridized carbons (Fsp3) is 0.444. The number of carbonyl (C=O) groups is 1. The number of methoxy groups -OCH3 is 1. The van der Waals surface area contributed by atoms with Gasteiger partial charge in [0.2, 0.25) is 0 Å². The van der Waals surface area contributed by atoms with Crippen LogP contribution in [0.3, 0.4) is 0 Å². The highest BCUT2D eigenvalue weighted by molar-refractivity contribution is 7.12. The maximum Gasteiger partial charge on any atom is 0.265 e. The number of hydrogen-bond acceptors (Lipinski definition) is 4. The molecule has 1 aromatic heterocycles. The number of carbonyl (C=O) groups excluding carboxylic acids is 1. The summed E-state index contributed by atoms with van der Waals surface area (Å²) in [6.07, 6.45) is 0. The summed E-state index contributed by atoms with van der Waals surface area (Å²) in [5, 5.41) is 13.2. The summed E-state index contributed by atoms with van der Waals surface area (Å²) in [5.41, 5.74) is 0. The minimum Gasteiger partial charge on any atom is -0.495 e. The smallest absolute Gasteiger partial charge is 0.265 e. The van der Waals surface area contributed by atoms with Crippen LogP contribution in [0.15, 0.2) is 11.4 Å². The summed E-state index contributed by atoms with van der Waals surface area (Å²) in [4.78, 5) is 12.1. The second kappa shape index (κ2) is 4.97. The molecule has 78 valence electrons. The van der Waals surface area contributed by atoms with E-state index in [-0.39, 0.29) is 18.6 Å². The third-order valence-electron chi connectivity index (χ3n) is 1.71. The van der Waals surface area contributed by atoms with Crippen molar-refractivity contribution in [1.29, 1.82) is 0 Å². The van der Waals surface area contributed by atoms with Crippen LogP contribution in [-0.4, -0.2) is 30.8 Å². The molecule has 1 atom stereocenters. The van der Waals surface area contributed by atoms with Gasteiger partial charge in [0.15, 0.2) is 0 Å². The predicted octanol–water partition coefficient (Wildman–Crippen LogP) is 0.867. The van der Waals surface area contributed by atoms with Gasteiger partial charge in [-0.3, -0.25) is 4.79 Å². The van der Waals surface area contributed by atoms with Gasteiger partial charge in [-0.1, -0.05) is 0 Å². The lowest BCUT2D eigenvalue weighted by Gasteiger charge is -2.10. The highest BCUT2D eigenvalue weighted by Gasteiger charge is 2.15. The first kappa shape index (κ1) is 11.0. The Balaban J connectivity index is 2.69. The molecule has 0 aromatic carbocycles. The molecule has 0 saturated carbocycles. The Morgan fingerprint density at radius 3 is 3.07 bits per heavy atom. The van der Waals surface area contributed by atoms with E-state index in [1.807, 2.05) is 0 Å². The summed E-state index contributed by atoms with van der Waals surface area (Å²) in [6, 6.07) is 1.50. The van der Waals surface area contributed by atoms with E-state index < -0.39 is 0 Å². The molecule has 1 heterocycles. The number of thiophene rings is 1. The molecule has 0 radical (unpaired) electrons. The molecule has 0 spiro atoms. The zero-order valence-electron chi connectivity index (χ0n) is 8.11. The molecule has 4 nitrogen and oxygen atoms in total. The molecule has 2 N–H and O–H groups in total. The van der Waals surface area contributed by atoms with Gasteiger partial charge in [-0.2, -0.15) is 0 Å². The first-order valence-corrected chi connectivity index (χ1v) is 5.10. The molecule has 0 unspecified atom stereocenters. The topological polar surface area (TPSA) is 58.6 Å². The Hall–Kier alpha value is -1.07. The molecule has 0 aliphatic rings. The van der Waals surface area contributed by atoms with Gasteiger partial charge < -0.3 is 15.2 Å². The second-order valence-electron chi connectivity index (χ2n) is 2.88. The molecule has 0 fully saturated rings. The van der Waals surface area contributed by atoms with Crippen molar-refractivity contribution < 1.29 is 14.6 Å². The summed E-state index contributed by atoms with van der Waals surface area (Å²) in [7, 11) is 1.52. The van der Waals surface area contributed by atoms with Crippen LogP contribution in [0.1, 0.15) is 16.6 Å². The van der Waals surface area contributed by atoms with Crippen molar-refractivity contribution in [2.75, 3.05) is 13.7 Å². The predicted molar refractivity (Wildman–Crippen MR) is 54.9 cm³/mol. The highest BCUT2D eigenvalue weighted by atomic mass is 32.1. The van der Waals surface area contributed by atoms with E-state index in [1.165, 1.54) is 18.4 Å². The van der Waals surface area contributed by atoms with Gasteiger partial charge in [0, 0.05) is 6.04 Å². The molecule has 1 amide bonds. The SMILES string of the molecule is COc1ccsc1C(=O)N[C@H](C)CO. The maximum atomic E-state index is 11.6. The van der Waals surface area contributed by atoms with Crippen LogP contribution >= 0.6 is 11.3 Å². The number of amides is 1. The Morgan fingerprint density at radius 2 is 2.50 bits per heavy atom. The maximum absolute atomic E-state index is 11.6. The van der Waals surface area contributed by atoms with Crippen molar-refractivity contribution >= 4 is 17.2 Å². The lowest BCUT2D eigenvalue weighted by molar-refractivity contribution is 0.0923. The molecule has 1 rings (SSSR count). The molecular weight excluding hydrogens is 202 g/mol. The van der Waals surface area contributed by atoms with Gasteiger partial charge in [0.1, 0.15) is 10.6 Å². The third kappa shape index (κ3) is 2.46. The number of nitrogens with one attached hydrogen (secondary N) is 1. The quantitative estimate of drug-likeness (QED) is 0.783. The van der Waals surface area contributed by atoms with E-state index in [0.29, 0.717) is 10.6 Å². The van der Waals surface area contributed by atoms with Crippen LogP contribution in [0.25, 0.3) is 0 Å². The van der Waals surface area contributed by atoms with Gasteiger partial charge >= 0.3 is 0 Å². The van der Waals surface area contributed by atoms with E-state index in [1.54, 1.807) is 18.4 Å². The standard InChI is InChI=1S/C9H13NO3S/c1-6(5-11)10-9(12)8-7(13-2)3-4-14-8/h3-4,6,11H,5H2,1-2H3,(H,10,12)/t6-/m1/s1. The molecule has 5 heteroatoms. The summed E-state index contributed by atoms with van der Waals surface area (Å²) in [5.74, 6) is 0.357. The van der Waals surface area contributed by atoms with E-state index in [0.717, 1.165) is 0 Å². The average Bonchev–Trinajstić information content (AvgIpc) is 2.65. The molecule has 0 aliphatic heterocycles. The van der Waals surface area contributed by atoms with Gasteiger partial charge in [-0.05, 0) is 18.4 Å². The van der Waals surface area contributed by atoms with E-state index in [4.69, 9.17) is 9.84 Å². The van der Waals surface area contributed by atoms with Gasteiger partial charge in [-0.15, -0.1) is 11.3 Å². The molecule has 1 aromatic rings. The number of hydrogen-bond donors (Lipinski definition) is 2. The zero-order valence-corrected chi connectivity index (χ0v) is 8.93. The van der Waals surface area contributed by atoms with Crippen molar-refractivity contribution in [3.63, 3.8) is 0 Å². The summed E-state index contributed by atoms with van der Waals surface area (Å²) < 4.78 is 5.01. The van der Waals surface area contributed by atoms with E-state index in [9.17, 15) is 4.79 Å². The fourth-order valence-electron chi connectivity index (χ4n) is 0.959. The van der Waals surface area contributed by atoms with Gasteiger partial charge in [-0.25, -0.2) is 0 Å². The third-order valence-corrected chi connectivity index (χ3v) is 2.60. The van der Waals surface area contributed by atoms with Crippen molar-refractivity contribution in [3.05, 3.63) is 16.3 Å². The Morgan fingerprint density at radius 1 is 1.79 bits per heavy atom. The van der Waals surface area contributed by atoms with Gasteiger partial charge in [0.25, 0.3) is 5.91 Å². The number of aliphatic hydroxyl groups is 1. The molecular formula is C9H13NO3S. The van der Waals surface area contributed by atoms with Crippen LogP contribution in [0.5, 0.6) is 5.75 Å². The Labute approximate surface area is 86.5 Å². The normalized spacial score (nSPS) is 12.2. The van der Waals surface area contributed by atoms with Crippen molar-refractivity contribution in [2.45, 2.75) is 13.0 Å². The fourth-order valence-corrected chi connectivity index (χ4v) is 1.72. The lowest BCUT2D eigenvalue weighted by Crippen LogP contribution is -2.34. The number of aliphatic hydroxyl groups excluding tert-OH is 1. The van der Waals surface area contributed by atoms with Crippen molar-refractivity contribution in [2.24, 2.45) is 0 Å². The van der Waals surface area contributed by atoms with E-state index in [2.05, 4.69) is 5.32 Å².